The molecule has 2 heterocycles. The Bertz CT molecular complexity index is 1260. The predicted octanol–water partition coefficient (Wildman–Crippen LogP) is 6.49. The normalized spacial score (nSPS) is 14.3. The number of benzene rings is 2. The highest BCUT2D eigenvalue weighted by Gasteiger charge is 2.26. The molecule has 3 aromatic rings. The summed E-state index contributed by atoms with van der Waals surface area (Å²) in [7, 11) is 5.88. The Kier molecular flexibility index (Phi) is 6.08. The van der Waals surface area contributed by atoms with Crippen molar-refractivity contribution in [1.29, 1.82) is 0 Å². The quantitative estimate of drug-likeness (QED) is 0.472. The van der Waals surface area contributed by atoms with E-state index in [1.807, 2.05) is 12.1 Å². The van der Waals surface area contributed by atoms with E-state index in [4.69, 9.17) is 4.74 Å². The molecule has 0 saturated carbocycles. The van der Waals surface area contributed by atoms with Crippen LogP contribution in [-0.2, 0) is 12.0 Å². The van der Waals surface area contributed by atoms with E-state index in [1.165, 1.54) is 15.6 Å². The number of allylic oxidation sites excluding steroid dienone is 1. The van der Waals surface area contributed by atoms with Crippen LogP contribution < -0.4 is 15.0 Å². The zero-order chi connectivity index (χ0) is 23.9. The van der Waals surface area contributed by atoms with Crippen LogP contribution in [0.5, 0.6) is 5.75 Å². The van der Waals surface area contributed by atoms with E-state index in [0.717, 1.165) is 34.7 Å². The first-order valence-electron chi connectivity index (χ1n) is 10.9. The van der Waals surface area contributed by atoms with Crippen LogP contribution in [-0.4, -0.2) is 32.1 Å². The second-order valence-electron chi connectivity index (χ2n) is 9.67. The van der Waals surface area contributed by atoms with Gasteiger partial charge in [-0.25, -0.2) is 4.79 Å². The number of carbonyl (C=O) groups excluding carboxylic acids is 1. The number of rotatable bonds is 5. The summed E-state index contributed by atoms with van der Waals surface area (Å²) >= 11 is 1.76. The number of ether oxygens (including phenoxy) is 1. The Labute approximate surface area is 200 Å². The maximum Gasteiger partial charge on any atom is 0.330 e. The maximum absolute atomic E-state index is 12.7. The second-order valence-corrected chi connectivity index (χ2v) is 10.6. The first-order valence-corrected chi connectivity index (χ1v) is 11.8. The summed E-state index contributed by atoms with van der Waals surface area (Å²) in [5, 5.41) is 6.30. The van der Waals surface area contributed by atoms with Gasteiger partial charge in [0.1, 0.15) is 5.75 Å². The molecule has 0 unspecified atom stereocenters. The molecule has 0 saturated heterocycles. The van der Waals surface area contributed by atoms with E-state index in [-0.39, 0.29) is 11.4 Å². The topological polar surface area (TPSA) is 44.8 Å². The summed E-state index contributed by atoms with van der Waals surface area (Å²) in [6.07, 6.45) is 3.56. The van der Waals surface area contributed by atoms with Crippen LogP contribution in [0.4, 0.5) is 10.5 Å². The van der Waals surface area contributed by atoms with E-state index in [1.54, 1.807) is 35.6 Å². The van der Waals surface area contributed by atoms with Gasteiger partial charge in [-0.1, -0.05) is 39.5 Å². The SMILES string of the molecule is C=C1C=CN(c2cc(-c3ccc4c(CN(C)C)csc4c3)c(OC)c(C(C)(C)C)c2)C(=O)N1. The fourth-order valence-corrected chi connectivity index (χ4v) is 5.12. The van der Waals surface area contributed by atoms with Crippen molar-refractivity contribution in [2.45, 2.75) is 32.7 Å². The molecule has 0 aliphatic carbocycles. The molecule has 5 nitrogen and oxygen atoms in total. The van der Waals surface area contributed by atoms with Crippen molar-refractivity contribution in [3.8, 4) is 16.9 Å². The van der Waals surface area contributed by atoms with Gasteiger partial charge in [-0.2, -0.15) is 0 Å². The molecule has 33 heavy (non-hydrogen) atoms. The van der Waals surface area contributed by atoms with Crippen molar-refractivity contribution in [2.24, 2.45) is 0 Å². The highest BCUT2D eigenvalue weighted by Crippen LogP contribution is 2.44. The predicted molar refractivity (Wildman–Crippen MR) is 139 cm³/mol. The number of amides is 2. The number of urea groups is 1. The Hall–Kier alpha value is -3.09. The molecular weight excluding hydrogens is 430 g/mol. The molecule has 1 N–H and O–H groups in total. The Morgan fingerprint density at radius 1 is 1.18 bits per heavy atom. The number of nitrogens with one attached hydrogen (secondary N) is 1. The van der Waals surface area contributed by atoms with Crippen LogP contribution in [0.3, 0.4) is 0 Å². The lowest BCUT2D eigenvalue weighted by Crippen LogP contribution is -2.38. The summed E-state index contributed by atoms with van der Waals surface area (Å²) < 4.78 is 7.20. The summed E-state index contributed by atoms with van der Waals surface area (Å²) in [4.78, 5) is 16.5. The minimum Gasteiger partial charge on any atom is -0.496 e. The summed E-state index contributed by atoms with van der Waals surface area (Å²) in [6, 6.07) is 10.4. The van der Waals surface area contributed by atoms with Gasteiger partial charge in [0.2, 0.25) is 0 Å². The highest BCUT2D eigenvalue weighted by atomic mass is 32.1. The number of hydrogen-bond donors (Lipinski definition) is 1. The van der Waals surface area contributed by atoms with Crippen molar-refractivity contribution in [3.63, 3.8) is 0 Å². The third kappa shape index (κ3) is 4.54. The molecule has 4 rings (SSSR count). The number of anilines is 1. The van der Waals surface area contributed by atoms with Crippen LogP contribution in [0.2, 0.25) is 0 Å². The van der Waals surface area contributed by atoms with Crippen LogP contribution >= 0.6 is 11.3 Å². The summed E-state index contributed by atoms with van der Waals surface area (Å²) in [5.41, 5.74) is 5.60. The standard InChI is InChI=1S/C27H31N3O2S/c1-17-10-11-30(26(31)28-17)20-13-22(25(32-7)23(14-20)27(2,3)4)18-8-9-21-19(15-29(5)6)16-33-24(21)12-18/h8-14,16H,1,15H2,2-7H3,(H,28,31). The number of carbonyl (C=O) groups is 1. The van der Waals surface area contributed by atoms with E-state index in [9.17, 15) is 4.79 Å². The van der Waals surface area contributed by atoms with Crippen LogP contribution in [0, 0.1) is 0 Å². The van der Waals surface area contributed by atoms with Crippen molar-refractivity contribution in [2.75, 3.05) is 26.1 Å². The monoisotopic (exact) mass is 461 g/mol. The van der Waals surface area contributed by atoms with E-state index in [2.05, 4.69) is 75.2 Å². The molecule has 1 aliphatic heterocycles. The van der Waals surface area contributed by atoms with E-state index >= 15 is 0 Å². The number of hydrogen-bond acceptors (Lipinski definition) is 4. The molecule has 6 heteroatoms. The van der Waals surface area contributed by atoms with Gasteiger partial charge in [-0.05, 0) is 65.7 Å². The van der Waals surface area contributed by atoms with Crippen LogP contribution in [0.25, 0.3) is 21.2 Å². The van der Waals surface area contributed by atoms with Crippen molar-refractivity contribution in [3.05, 3.63) is 71.4 Å². The molecule has 172 valence electrons. The minimum absolute atomic E-state index is 0.179. The molecule has 2 amide bonds. The number of methoxy groups -OCH3 is 1. The first-order chi connectivity index (χ1) is 15.6. The smallest absolute Gasteiger partial charge is 0.330 e. The Morgan fingerprint density at radius 2 is 1.94 bits per heavy atom. The molecule has 0 atom stereocenters. The van der Waals surface area contributed by atoms with Gasteiger partial charge >= 0.3 is 6.03 Å². The minimum atomic E-state index is -0.222. The molecule has 0 fully saturated rings. The number of fused-ring (bicyclic) bond motifs is 1. The van der Waals surface area contributed by atoms with Gasteiger partial charge in [0.15, 0.2) is 0 Å². The first kappa shape index (κ1) is 23.1. The van der Waals surface area contributed by atoms with Gasteiger partial charge in [-0.15, -0.1) is 11.3 Å². The lowest BCUT2D eigenvalue weighted by Gasteiger charge is -2.29. The third-order valence-corrected chi connectivity index (χ3v) is 6.72. The highest BCUT2D eigenvalue weighted by molar-refractivity contribution is 7.17. The lowest BCUT2D eigenvalue weighted by atomic mass is 9.83. The van der Waals surface area contributed by atoms with Gasteiger partial charge in [0, 0.05) is 34.3 Å². The zero-order valence-corrected chi connectivity index (χ0v) is 21.0. The number of thiophene rings is 1. The molecule has 1 aromatic heterocycles. The summed E-state index contributed by atoms with van der Waals surface area (Å²) in [6.45, 7) is 11.2. The average Bonchev–Trinajstić information content (AvgIpc) is 3.13. The third-order valence-electron chi connectivity index (χ3n) is 5.73. The molecule has 0 bridgehead atoms. The largest absolute Gasteiger partial charge is 0.496 e. The molecule has 0 spiro atoms. The van der Waals surface area contributed by atoms with Gasteiger partial charge in [0.25, 0.3) is 0 Å². The van der Waals surface area contributed by atoms with E-state index in [0.29, 0.717) is 5.70 Å². The maximum atomic E-state index is 12.7. The Morgan fingerprint density at radius 3 is 2.58 bits per heavy atom. The van der Waals surface area contributed by atoms with Crippen molar-refractivity contribution >= 4 is 33.1 Å². The molecular formula is C27H31N3O2S. The van der Waals surface area contributed by atoms with Gasteiger partial charge in [0.05, 0.1) is 12.8 Å². The summed E-state index contributed by atoms with van der Waals surface area (Å²) in [5.74, 6) is 0.835. The van der Waals surface area contributed by atoms with Crippen molar-refractivity contribution in [1.82, 2.24) is 10.2 Å². The van der Waals surface area contributed by atoms with Gasteiger partial charge in [-0.3, -0.25) is 4.90 Å². The van der Waals surface area contributed by atoms with Gasteiger partial charge < -0.3 is 15.0 Å². The second kappa shape index (κ2) is 8.69. The van der Waals surface area contributed by atoms with E-state index < -0.39 is 0 Å². The molecule has 1 aliphatic rings. The van der Waals surface area contributed by atoms with Crippen LogP contribution in [0.1, 0.15) is 31.9 Å². The zero-order valence-electron chi connectivity index (χ0n) is 20.2. The number of nitrogens with zero attached hydrogens (tertiary/aromatic N) is 2. The lowest BCUT2D eigenvalue weighted by molar-refractivity contribution is 0.250. The fourth-order valence-electron chi connectivity index (χ4n) is 4.13. The fraction of sp³-hybridized carbons (Fsp3) is 0.296. The van der Waals surface area contributed by atoms with Crippen molar-refractivity contribution < 1.29 is 9.53 Å². The van der Waals surface area contributed by atoms with Crippen LogP contribution in [0.15, 0.2) is 60.3 Å². The average molecular weight is 462 g/mol. The molecule has 2 aromatic carbocycles. The Balaban J connectivity index is 1.90. The molecule has 0 radical (unpaired) electrons.